The topological polar surface area (TPSA) is 37.8 Å². The molecule has 2 atom stereocenters. The van der Waals surface area contributed by atoms with Crippen molar-refractivity contribution in [1.29, 1.82) is 0 Å². The summed E-state index contributed by atoms with van der Waals surface area (Å²) in [5, 5.41) is 11.8. The lowest BCUT2D eigenvalue weighted by Gasteiger charge is -2.25. The van der Waals surface area contributed by atoms with Crippen molar-refractivity contribution < 1.29 is 0 Å². The molecule has 1 heterocycles. The van der Waals surface area contributed by atoms with Gasteiger partial charge in [-0.2, -0.15) is 10.2 Å². The average Bonchev–Trinajstić information content (AvgIpc) is 2.28. The minimum Gasteiger partial charge on any atom is -0.310 e. The molecular weight excluding hydrogens is 198 g/mol. The molecule has 0 aliphatic carbocycles. The lowest BCUT2D eigenvalue weighted by atomic mass is 9.91. The van der Waals surface area contributed by atoms with Crippen molar-refractivity contribution in [1.82, 2.24) is 15.5 Å². The van der Waals surface area contributed by atoms with Gasteiger partial charge < -0.3 is 5.32 Å². The molecule has 3 heteroatoms. The monoisotopic (exact) mass is 221 g/mol. The maximum absolute atomic E-state index is 4.21. The summed E-state index contributed by atoms with van der Waals surface area (Å²) in [5.74, 6) is 0.613. The lowest BCUT2D eigenvalue weighted by Crippen LogP contribution is -2.27. The molecule has 0 saturated carbocycles. The molecule has 3 nitrogen and oxygen atoms in total. The molecule has 1 rings (SSSR count). The van der Waals surface area contributed by atoms with Crippen LogP contribution in [0.5, 0.6) is 0 Å². The smallest absolute Gasteiger partial charge is 0.0648 e. The second kappa shape index (κ2) is 5.94. The fourth-order valence-corrected chi connectivity index (χ4v) is 1.96. The quantitative estimate of drug-likeness (QED) is 0.831. The summed E-state index contributed by atoms with van der Waals surface area (Å²) in [7, 11) is 0. The highest BCUT2D eigenvalue weighted by Gasteiger charge is 2.19. The SMILES string of the molecule is CCNC(c1cc(C)nnc1C)C(C)CC. The van der Waals surface area contributed by atoms with Crippen molar-refractivity contribution in [2.24, 2.45) is 5.92 Å². The van der Waals surface area contributed by atoms with Gasteiger partial charge in [0.1, 0.15) is 0 Å². The first-order valence-corrected chi connectivity index (χ1v) is 6.14. The Kier molecular flexibility index (Phi) is 4.87. The molecule has 0 amide bonds. The Hall–Kier alpha value is -0.960. The van der Waals surface area contributed by atoms with E-state index in [1.54, 1.807) is 0 Å². The summed E-state index contributed by atoms with van der Waals surface area (Å²) in [5.41, 5.74) is 3.33. The third-order valence-corrected chi connectivity index (χ3v) is 3.11. The summed E-state index contributed by atoms with van der Waals surface area (Å²) >= 11 is 0. The van der Waals surface area contributed by atoms with Gasteiger partial charge in [0.2, 0.25) is 0 Å². The second-order valence-electron chi connectivity index (χ2n) is 4.45. The number of hydrogen-bond acceptors (Lipinski definition) is 3. The fourth-order valence-electron chi connectivity index (χ4n) is 1.96. The van der Waals surface area contributed by atoms with E-state index in [-0.39, 0.29) is 0 Å². The van der Waals surface area contributed by atoms with E-state index in [0.29, 0.717) is 12.0 Å². The van der Waals surface area contributed by atoms with E-state index in [9.17, 15) is 0 Å². The first-order valence-electron chi connectivity index (χ1n) is 6.14. The zero-order valence-electron chi connectivity index (χ0n) is 11.0. The van der Waals surface area contributed by atoms with E-state index in [1.165, 1.54) is 12.0 Å². The van der Waals surface area contributed by atoms with Crippen LogP contribution in [0.4, 0.5) is 0 Å². The van der Waals surface area contributed by atoms with Gasteiger partial charge in [-0.3, -0.25) is 0 Å². The van der Waals surface area contributed by atoms with E-state index >= 15 is 0 Å². The lowest BCUT2D eigenvalue weighted by molar-refractivity contribution is 0.380. The van der Waals surface area contributed by atoms with Crippen molar-refractivity contribution in [2.45, 2.75) is 47.1 Å². The highest BCUT2D eigenvalue weighted by molar-refractivity contribution is 5.24. The van der Waals surface area contributed by atoms with Crippen LogP contribution in [-0.4, -0.2) is 16.7 Å². The van der Waals surface area contributed by atoms with Crippen molar-refractivity contribution in [3.05, 3.63) is 23.0 Å². The maximum Gasteiger partial charge on any atom is 0.0648 e. The van der Waals surface area contributed by atoms with E-state index < -0.39 is 0 Å². The fraction of sp³-hybridized carbons (Fsp3) is 0.692. The molecular formula is C13H23N3. The van der Waals surface area contributed by atoms with Crippen LogP contribution in [0.15, 0.2) is 6.07 Å². The van der Waals surface area contributed by atoms with Crippen LogP contribution in [0.1, 0.15) is 50.2 Å². The third kappa shape index (κ3) is 3.01. The van der Waals surface area contributed by atoms with Gasteiger partial charge in [-0.25, -0.2) is 0 Å². The second-order valence-corrected chi connectivity index (χ2v) is 4.45. The zero-order chi connectivity index (χ0) is 12.1. The van der Waals surface area contributed by atoms with Crippen LogP contribution in [0.3, 0.4) is 0 Å². The Bertz CT molecular complexity index is 336. The number of hydrogen-bond donors (Lipinski definition) is 1. The molecule has 90 valence electrons. The summed E-state index contributed by atoms with van der Waals surface area (Å²) in [6.45, 7) is 11.7. The number of nitrogens with one attached hydrogen (secondary N) is 1. The molecule has 0 fully saturated rings. The van der Waals surface area contributed by atoms with Gasteiger partial charge in [-0.1, -0.05) is 27.2 Å². The van der Waals surface area contributed by atoms with Crippen molar-refractivity contribution in [3.8, 4) is 0 Å². The number of nitrogens with zero attached hydrogens (tertiary/aromatic N) is 2. The summed E-state index contributed by atoms with van der Waals surface area (Å²) in [6.07, 6.45) is 1.17. The third-order valence-electron chi connectivity index (χ3n) is 3.11. The molecule has 2 unspecified atom stereocenters. The van der Waals surface area contributed by atoms with Crippen LogP contribution in [0.2, 0.25) is 0 Å². The van der Waals surface area contributed by atoms with Crippen LogP contribution in [0.25, 0.3) is 0 Å². The predicted octanol–water partition coefficient (Wildman–Crippen LogP) is 2.79. The molecule has 1 aromatic rings. The van der Waals surface area contributed by atoms with Gasteiger partial charge in [0.15, 0.2) is 0 Å². The molecule has 16 heavy (non-hydrogen) atoms. The summed E-state index contributed by atoms with van der Waals surface area (Å²) in [6, 6.07) is 2.55. The van der Waals surface area contributed by atoms with Crippen molar-refractivity contribution in [3.63, 3.8) is 0 Å². The highest BCUT2D eigenvalue weighted by Crippen LogP contribution is 2.26. The summed E-state index contributed by atoms with van der Waals surface area (Å²) in [4.78, 5) is 0. The van der Waals surface area contributed by atoms with Crippen molar-refractivity contribution >= 4 is 0 Å². The maximum atomic E-state index is 4.21. The Balaban J connectivity index is 3.04. The van der Waals surface area contributed by atoms with Gasteiger partial charge in [0.25, 0.3) is 0 Å². The van der Waals surface area contributed by atoms with Crippen LogP contribution in [-0.2, 0) is 0 Å². The molecule has 0 aliphatic rings. The van der Waals surface area contributed by atoms with Gasteiger partial charge >= 0.3 is 0 Å². The van der Waals surface area contributed by atoms with E-state index in [4.69, 9.17) is 0 Å². The van der Waals surface area contributed by atoms with Crippen LogP contribution >= 0.6 is 0 Å². The largest absolute Gasteiger partial charge is 0.310 e. The molecule has 0 saturated heterocycles. The van der Waals surface area contributed by atoms with Crippen molar-refractivity contribution in [2.75, 3.05) is 6.54 Å². The molecule has 0 aromatic carbocycles. The Morgan fingerprint density at radius 1 is 1.25 bits per heavy atom. The Morgan fingerprint density at radius 3 is 2.50 bits per heavy atom. The normalized spacial score (nSPS) is 14.8. The van der Waals surface area contributed by atoms with Crippen LogP contribution in [0, 0.1) is 19.8 Å². The van der Waals surface area contributed by atoms with Crippen LogP contribution < -0.4 is 5.32 Å². The Morgan fingerprint density at radius 2 is 1.94 bits per heavy atom. The molecule has 0 spiro atoms. The van der Waals surface area contributed by atoms with Gasteiger partial charge in [-0.15, -0.1) is 0 Å². The standard InChI is InChI=1S/C13H23N3/c1-6-9(3)13(14-7-2)12-8-10(4)15-16-11(12)5/h8-9,13-14H,6-7H2,1-5H3. The number of aromatic nitrogens is 2. The predicted molar refractivity (Wildman–Crippen MR) is 67.4 cm³/mol. The molecule has 1 N–H and O–H groups in total. The minimum atomic E-state index is 0.393. The van der Waals surface area contributed by atoms with E-state index in [0.717, 1.165) is 17.9 Å². The van der Waals surface area contributed by atoms with Gasteiger partial charge in [0, 0.05) is 6.04 Å². The Labute approximate surface area is 98.7 Å². The minimum absolute atomic E-state index is 0.393. The number of rotatable bonds is 5. The summed E-state index contributed by atoms with van der Waals surface area (Å²) < 4.78 is 0. The highest BCUT2D eigenvalue weighted by atomic mass is 15.1. The van der Waals surface area contributed by atoms with E-state index in [2.05, 4.69) is 42.4 Å². The first kappa shape index (κ1) is 13.1. The van der Waals surface area contributed by atoms with Gasteiger partial charge in [-0.05, 0) is 37.9 Å². The molecule has 0 aliphatic heterocycles. The average molecular weight is 221 g/mol. The first-order chi connectivity index (χ1) is 7.60. The van der Waals surface area contributed by atoms with Gasteiger partial charge in [0.05, 0.1) is 11.4 Å². The molecule has 1 aromatic heterocycles. The van der Waals surface area contributed by atoms with E-state index in [1.807, 2.05) is 13.8 Å². The zero-order valence-corrected chi connectivity index (χ0v) is 11.0. The number of aryl methyl sites for hydroxylation is 2. The molecule has 0 bridgehead atoms. The molecule has 0 radical (unpaired) electrons.